The third-order valence-corrected chi connectivity index (χ3v) is 5.18. The maximum atomic E-state index is 13.5. The quantitative estimate of drug-likeness (QED) is 0.452. The van der Waals surface area contributed by atoms with Crippen LogP contribution in [0, 0.1) is 5.82 Å². The van der Waals surface area contributed by atoms with Gasteiger partial charge < -0.3 is 20.3 Å². The van der Waals surface area contributed by atoms with E-state index in [0.29, 0.717) is 47.8 Å². The number of rotatable bonds is 6. The smallest absolute Gasteiger partial charge is 0.342 e. The summed E-state index contributed by atoms with van der Waals surface area (Å²) < 4.78 is 13.5. The Morgan fingerprint density at radius 3 is 2.68 bits per heavy atom. The molecule has 1 unspecified atom stereocenters. The van der Waals surface area contributed by atoms with Gasteiger partial charge in [-0.1, -0.05) is 18.2 Å². The van der Waals surface area contributed by atoms with Gasteiger partial charge in [0.15, 0.2) is 0 Å². The third-order valence-electron chi connectivity index (χ3n) is 5.05. The van der Waals surface area contributed by atoms with Crippen LogP contribution in [0.4, 0.5) is 20.6 Å². The number of nitrogens with one attached hydrogen (secondary N) is 2. The highest BCUT2D eigenvalue weighted by Crippen LogP contribution is 2.25. The molecular formula is C24H29ClFN5O3. The summed E-state index contributed by atoms with van der Waals surface area (Å²) in [5, 5.41) is 10.8. The number of halogens is 2. The average molecular weight is 490 g/mol. The topological polar surface area (TPSA) is 94.1 Å². The lowest BCUT2D eigenvalue weighted by Crippen LogP contribution is -2.40. The van der Waals surface area contributed by atoms with E-state index in [9.17, 15) is 18.8 Å². The number of amides is 3. The van der Waals surface area contributed by atoms with Gasteiger partial charge in [0.25, 0.3) is 0 Å². The summed E-state index contributed by atoms with van der Waals surface area (Å²) in [7, 11) is 1.67. The zero-order chi connectivity index (χ0) is 25.1. The number of piperidine rings is 1. The highest BCUT2D eigenvalue weighted by Gasteiger charge is 2.26. The van der Waals surface area contributed by atoms with Crippen LogP contribution in [0.1, 0.15) is 32.6 Å². The number of anilines is 2. The molecule has 0 radical (unpaired) electrons. The molecule has 1 aromatic carbocycles. The number of benzene rings is 1. The summed E-state index contributed by atoms with van der Waals surface area (Å²) in [5.74, 6) is -0.235. The summed E-state index contributed by atoms with van der Waals surface area (Å²) in [4.78, 5) is 35.9. The van der Waals surface area contributed by atoms with Gasteiger partial charge in [0.05, 0.1) is 5.69 Å². The summed E-state index contributed by atoms with van der Waals surface area (Å²) >= 11 is 5.68. The Morgan fingerprint density at radius 1 is 1.32 bits per heavy atom. The molecule has 2 N–H and O–H groups in total. The van der Waals surface area contributed by atoms with E-state index in [1.165, 1.54) is 18.4 Å². The van der Waals surface area contributed by atoms with Gasteiger partial charge in [-0.25, -0.2) is 14.2 Å². The van der Waals surface area contributed by atoms with Crippen molar-refractivity contribution < 1.29 is 18.8 Å². The van der Waals surface area contributed by atoms with Gasteiger partial charge in [0, 0.05) is 49.1 Å². The van der Waals surface area contributed by atoms with Crippen LogP contribution >= 0.6 is 11.6 Å². The zero-order valence-corrected chi connectivity index (χ0v) is 20.0. The zero-order valence-electron chi connectivity index (χ0n) is 19.3. The molecule has 34 heavy (non-hydrogen) atoms. The van der Waals surface area contributed by atoms with E-state index in [0.717, 1.165) is 17.9 Å². The van der Waals surface area contributed by atoms with Crippen molar-refractivity contribution in [3.8, 4) is 0 Å². The Bertz CT molecular complexity index is 1000. The molecule has 182 valence electrons. The normalized spacial score (nSPS) is 18.2. The number of hydrazone groups is 1. The fourth-order valence-electron chi connectivity index (χ4n) is 3.24. The Kier molecular flexibility index (Phi) is 10.5. The van der Waals surface area contributed by atoms with Crippen molar-refractivity contribution in [3.63, 3.8) is 0 Å². The van der Waals surface area contributed by atoms with Crippen LogP contribution in [0.5, 0.6) is 0 Å². The van der Waals surface area contributed by atoms with Crippen LogP contribution in [0.3, 0.4) is 0 Å². The van der Waals surface area contributed by atoms with E-state index in [1.54, 1.807) is 43.2 Å². The minimum absolute atomic E-state index is 0.0860. The molecule has 0 saturated carbocycles. The van der Waals surface area contributed by atoms with Crippen molar-refractivity contribution in [2.45, 2.75) is 38.6 Å². The second kappa shape index (κ2) is 13.3. The first-order chi connectivity index (χ1) is 16.3. The van der Waals surface area contributed by atoms with Crippen LogP contribution in [-0.4, -0.2) is 49.1 Å². The lowest BCUT2D eigenvalue weighted by molar-refractivity contribution is -0.119. The van der Waals surface area contributed by atoms with E-state index in [1.807, 2.05) is 0 Å². The summed E-state index contributed by atoms with van der Waals surface area (Å²) in [6.45, 7) is 5.98. The van der Waals surface area contributed by atoms with Gasteiger partial charge in [-0.2, -0.15) is 5.10 Å². The fraction of sp³-hybridized carbons (Fsp3) is 0.333. The van der Waals surface area contributed by atoms with Gasteiger partial charge in [-0.15, -0.1) is 0 Å². The van der Waals surface area contributed by atoms with Crippen molar-refractivity contribution in [2.75, 3.05) is 23.8 Å². The SMILES string of the molecule is C=C/C(=C\C=C(/C)Cl)NC(=O)N1N=CCC1C=O.CNc1ccc(N2CCCCC2=O)cc1F. The summed E-state index contributed by atoms with van der Waals surface area (Å²) in [5.41, 5.74) is 1.58. The van der Waals surface area contributed by atoms with Gasteiger partial charge >= 0.3 is 6.03 Å². The van der Waals surface area contributed by atoms with Gasteiger partial charge in [-0.3, -0.25) is 4.79 Å². The lowest BCUT2D eigenvalue weighted by Gasteiger charge is -2.27. The third kappa shape index (κ3) is 7.55. The van der Waals surface area contributed by atoms with Crippen LogP contribution < -0.4 is 15.5 Å². The standard InChI is InChI=1S/C12H14ClN3O2.C12H15FN2O/c1-3-10(5-4-9(2)13)15-12(18)16-11(8-17)6-7-14-16;1-14-11-6-5-9(8-10(11)13)15-7-3-2-4-12(15)16/h3-5,7-8,11H,1,6H2,2H3,(H,15,18);5-6,8,14H,2-4,7H2,1H3/b9-4+,10-5+;. The maximum absolute atomic E-state index is 13.5. The number of aldehydes is 1. The highest BCUT2D eigenvalue weighted by atomic mass is 35.5. The largest absolute Gasteiger partial charge is 0.386 e. The highest BCUT2D eigenvalue weighted by molar-refractivity contribution is 6.29. The Labute approximate surface area is 203 Å². The Morgan fingerprint density at radius 2 is 2.09 bits per heavy atom. The molecule has 0 spiro atoms. The second-order valence-electron chi connectivity index (χ2n) is 7.51. The molecule has 2 aliphatic heterocycles. The number of allylic oxidation sites excluding steroid dienone is 4. The van der Waals surface area contributed by atoms with E-state index in [-0.39, 0.29) is 11.7 Å². The Hall–Kier alpha value is -3.46. The molecule has 2 heterocycles. The van der Waals surface area contributed by atoms with Crippen molar-refractivity contribution in [3.05, 3.63) is 59.6 Å². The van der Waals surface area contributed by atoms with Gasteiger partial charge in [0.1, 0.15) is 18.1 Å². The first-order valence-corrected chi connectivity index (χ1v) is 11.2. The van der Waals surface area contributed by atoms with Gasteiger partial charge in [0.2, 0.25) is 5.91 Å². The first kappa shape index (κ1) is 26.8. The predicted molar refractivity (Wildman–Crippen MR) is 133 cm³/mol. The molecule has 0 aliphatic carbocycles. The molecule has 1 fully saturated rings. The maximum Gasteiger partial charge on any atom is 0.342 e. The second-order valence-corrected chi connectivity index (χ2v) is 8.10. The molecule has 0 aromatic heterocycles. The van der Waals surface area contributed by atoms with Crippen LogP contribution in [0.25, 0.3) is 0 Å². The number of nitrogens with zero attached hydrogens (tertiary/aromatic N) is 3. The molecule has 8 nitrogen and oxygen atoms in total. The average Bonchev–Trinajstić information content (AvgIpc) is 3.31. The van der Waals surface area contributed by atoms with Crippen LogP contribution in [-0.2, 0) is 9.59 Å². The molecule has 3 amide bonds. The number of carbonyl (C=O) groups is 3. The minimum atomic E-state index is -0.540. The van der Waals surface area contributed by atoms with E-state index in [4.69, 9.17) is 11.6 Å². The van der Waals surface area contributed by atoms with Crippen molar-refractivity contribution in [1.29, 1.82) is 0 Å². The molecule has 1 atom stereocenters. The molecule has 1 aromatic rings. The fourth-order valence-corrected chi connectivity index (χ4v) is 3.31. The molecule has 2 aliphatic rings. The number of urea groups is 1. The lowest BCUT2D eigenvalue weighted by atomic mass is 10.1. The molecule has 1 saturated heterocycles. The number of hydrogen-bond acceptors (Lipinski definition) is 5. The van der Waals surface area contributed by atoms with Crippen molar-refractivity contribution in [1.82, 2.24) is 10.3 Å². The van der Waals surface area contributed by atoms with Crippen LogP contribution in [0.15, 0.2) is 58.8 Å². The van der Waals surface area contributed by atoms with E-state index in [2.05, 4.69) is 22.3 Å². The van der Waals surface area contributed by atoms with Gasteiger partial charge in [-0.05, 0) is 56.2 Å². The van der Waals surface area contributed by atoms with Crippen LogP contribution in [0.2, 0.25) is 0 Å². The monoisotopic (exact) mass is 489 g/mol. The summed E-state index contributed by atoms with van der Waals surface area (Å²) in [6, 6.07) is 3.83. The van der Waals surface area contributed by atoms with E-state index >= 15 is 0 Å². The van der Waals surface area contributed by atoms with E-state index < -0.39 is 12.1 Å². The number of carbonyl (C=O) groups excluding carboxylic acids is 3. The van der Waals surface area contributed by atoms with Crippen molar-refractivity contribution in [2.24, 2.45) is 5.10 Å². The molecular weight excluding hydrogens is 461 g/mol. The van der Waals surface area contributed by atoms with Crippen molar-refractivity contribution >= 4 is 47.4 Å². The molecule has 0 bridgehead atoms. The number of hydrogen-bond donors (Lipinski definition) is 2. The molecule has 10 heteroatoms. The minimum Gasteiger partial charge on any atom is -0.386 e. The summed E-state index contributed by atoms with van der Waals surface area (Å²) in [6.07, 6.45) is 9.86. The first-order valence-electron chi connectivity index (χ1n) is 10.8. The predicted octanol–water partition coefficient (Wildman–Crippen LogP) is 4.55. The Balaban J connectivity index is 0.000000241. The molecule has 3 rings (SSSR count).